The summed E-state index contributed by atoms with van der Waals surface area (Å²) in [6.07, 6.45) is 1.15. The van der Waals surface area contributed by atoms with Crippen LogP contribution in [0.5, 0.6) is 0 Å². The maximum atomic E-state index is 5.86. The maximum absolute atomic E-state index is 5.86. The second-order valence-corrected chi connectivity index (χ2v) is 5.98. The van der Waals surface area contributed by atoms with Crippen LogP contribution in [0.4, 0.5) is 0 Å². The molecule has 0 aromatic heterocycles. The van der Waals surface area contributed by atoms with Gasteiger partial charge in [0, 0.05) is 11.0 Å². The van der Waals surface area contributed by atoms with E-state index in [1.807, 2.05) is 12.1 Å². The molecule has 2 nitrogen and oxygen atoms in total. The smallest absolute Gasteiger partial charge is 0.0724 e. The summed E-state index contributed by atoms with van der Waals surface area (Å²) in [5, 5.41) is 3.45. The molecular weight excluding hydrogens is 326 g/mol. The molecule has 1 N–H and O–H groups in total. The largest absolute Gasteiger partial charge is 0.372 e. The van der Waals surface area contributed by atoms with Crippen molar-refractivity contribution >= 4 is 15.9 Å². The Morgan fingerprint density at radius 1 is 1.00 bits per heavy atom. The van der Waals surface area contributed by atoms with Crippen LogP contribution in [0.25, 0.3) is 0 Å². The van der Waals surface area contributed by atoms with E-state index in [1.165, 1.54) is 16.7 Å². The molecule has 0 atom stereocenters. The van der Waals surface area contributed by atoms with Crippen molar-refractivity contribution in [2.75, 3.05) is 6.54 Å². The van der Waals surface area contributed by atoms with Crippen molar-refractivity contribution in [3.8, 4) is 0 Å². The number of hydrogen-bond donors (Lipinski definition) is 1. The number of hydrogen-bond acceptors (Lipinski definition) is 2. The van der Waals surface area contributed by atoms with Gasteiger partial charge in [0.25, 0.3) is 0 Å². The average molecular weight is 348 g/mol. The van der Waals surface area contributed by atoms with E-state index in [9.17, 15) is 0 Å². The summed E-state index contributed by atoms with van der Waals surface area (Å²) in [6.45, 7) is 5.42. The van der Waals surface area contributed by atoms with Gasteiger partial charge >= 0.3 is 0 Å². The fourth-order valence-electron chi connectivity index (χ4n) is 2.18. The average Bonchev–Trinajstić information content (AvgIpc) is 2.49. The van der Waals surface area contributed by atoms with Gasteiger partial charge in [-0.05, 0) is 41.8 Å². The van der Waals surface area contributed by atoms with Crippen molar-refractivity contribution in [1.29, 1.82) is 0 Å². The van der Waals surface area contributed by atoms with E-state index in [1.54, 1.807) is 0 Å². The molecule has 0 saturated carbocycles. The summed E-state index contributed by atoms with van der Waals surface area (Å²) in [6, 6.07) is 16.7. The molecule has 0 aliphatic rings. The predicted octanol–water partition coefficient (Wildman–Crippen LogP) is 4.67. The number of nitrogens with one attached hydrogen (secondary N) is 1. The molecule has 0 radical (unpaired) electrons. The van der Waals surface area contributed by atoms with Crippen molar-refractivity contribution in [3.05, 3.63) is 69.7 Å². The zero-order valence-corrected chi connectivity index (χ0v) is 14.0. The van der Waals surface area contributed by atoms with E-state index in [2.05, 4.69) is 64.6 Å². The van der Waals surface area contributed by atoms with Crippen molar-refractivity contribution in [2.24, 2.45) is 0 Å². The highest BCUT2D eigenvalue weighted by Crippen LogP contribution is 2.14. The third kappa shape index (κ3) is 5.62. The topological polar surface area (TPSA) is 21.3 Å². The van der Waals surface area contributed by atoms with Gasteiger partial charge in [-0.25, -0.2) is 0 Å². The second kappa shape index (κ2) is 8.98. The van der Waals surface area contributed by atoms with E-state index in [-0.39, 0.29) is 0 Å². The van der Waals surface area contributed by atoms with Gasteiger partial charge in [0.1, 0.15) is 0 Å². The van der Waals surface area contributed by atoms with Crippen LogP contribution in [-0.4, -0.2) is 6.54 Å². The first-order chi connectivity index (χ1) is 10.3. The summed E-state index contributed by atoms with van der Waals surface area (Å²) in [7, 11) is 0. The molecule has 21 heavy (non-hydrogen) atoms. The van der Waals surface area contributed by atoms with Crippen molar-refractivity contribution in [1.82, 2.24) is 5.32 Å². The minimum Gasteiger partial charge on any atom is -0.372 e. The molecule has 0 heterocycles. The summed E-state index contributed by atoms with van der Waals surface area (Å²) in [5.41, 5.74) is 3.77. The van der Waals surface area contributed by atoms with Gasteiger partial charge in [0.15, 0.2) is 0 Å². The molecule has 3 heteroatoms. The Hall–Kier alpha value is -1.16. The molecular formula is C18H22BrNO. The molecule has 0 fully saturated rings. The first kappa shape index (κ1) is 16.2. The monoisotopic (exact) mass is 347 g/mol. The van der Waals surface area contributed by atoms with Gasteiger partial charge in [-0.15, -0.1) is 0 Å². The molecule has 2 aromatic carbocycles. The van der Waals surface area contributed by atoms with E-state index in [4.69, 9.17) is 4.74 Å². The van der Waals surface area contributed by atoms with E-state index in [0.717, 1.165) is 24.0 Å². The van der Waals surface area contributed by atoms with Crippen LogP contribution in [0.2, 0.25) is 0 Å². The molecule has 0 spiro atoms. The van der Waals surface area contributed by atoms with Crippen molar-refractivity contribution in [2.45, 2.75) is 33.1 Å². The Balaban J connectivity index is 1.87. The third-order valence-corrected chi connectivity index (χ3v) is 3.77. The lowest BCUT2D eigenvalue weighted by atomic mass is 10.1. The van der Waals surface area contributed by atoms with Gasteiger partial charge in [-0.1, -0.05) is 59.3 Å². The second-order valence-electron chi connectivity index (χ2n) is 5.07. The van der Waals surface area contributed by atoms with Gasteiger partial charge in [0.05, 0.1) is 13.2 Å². The van der Waals surface area contributed by atoms with Crippen LogP contribution >= 0.6 is 15.9 Å². The van der Waals surface area contributed by atoms with Gasteiger partial charge in [-0.2, -0.15) is 0 Å². The lowest BCUT2D eigenvalue weighted by Gasteiger charge is -2.11. The highest BCUT2D eigenvalue weighted by molar-refractivity contribution is 9.10. The molecule has 0 aliphatic carbocycles. The number of rotatable bonds is 8. The van der Waals surface area contributed by atoms with Gasteiger partial charge in [0.2, 0.25) is 0 Å². The zero-order valence-electron chi connectivity index (χ0n) is 12.4. The molecule has 0 unspecified atom stereocenters. The fourth-order valence-corrected chi connectivity index (χ4v) is 2.62. The van der Waals surface area contributed by atoms with Crippen LogP contribution in [-0.2, 0) is 24.5 Å². The van der Waals surface area contributed by atoms with E-state index in [0.29, 0.717) is 13.2 Å². The van der Waals surface area contributed by atoms with Crippen LogP contribution < -0.4 is 5.32 Å². The number of benzene rings is 2. The lowest BCUT2D eigenvalue weighted by Crippen LogP contribution is -2.15. The van der Waals surface area contributed by atoms with Crippen LogP contribution in [0.15, 0.2) is 53.0 Å². The molecule has 112 valence electrons. The predicted molar refractivity (Wildman–Crippen MR) is 91.1 cm³/mol. The first-order valence-corrected chi connectivity index (χ1v) is 8.18. The molecule has 2 aromatic rings. The summed E-state index contributed by atoms with van der Waals surface area (Å²) in [5.74, 6) is 0. The van der Waals surface area contributed by atoms with Gasteiger partial charge < -0.3 is 10.1 Å². The van der Waals surface area contributed by atoms with Crippen LogP contribution in [0.1, 0.15) is 30.0 Å². The fraction of sp³-hybridized carbons (Fsp3) is 0.333. The van der Waals surface area contributed by atoms with Crippen LogP contribution in [0, 0.1) is 0 Å². The Bertz CT molecular complexity index is 556. The number of halogens is 1. The highest BCUT2D eigenvalue weighted by Gasteiger charge is 2.02. The molecule has 2 rings (SSSR count). The Kier molecular flexibility index (Phi) is 6.93. The lowest BCUT2D eigenvalue weighted by molar-refractivity contribution is 0.106. The first-order valence-electron chi connectivity index (χ1n) is 7.39. The molecule has 0 amide bonds. The summed E-state index contributed by atoms with van der Waals surface area (Å²) in [4.78, 5) is 0. The maximum Gasteiger partial charge on any atom is 0.0724 e. The quantitative estimate of drug-likeness (QED) is 0.701. The highest BCUT2D eigenvalue weighted by atomic mass is 79.9. The Labute approximate surface area is 135 Å². The summed E-state index contributed by atoms with van der Waals surface area (Å²) < 4.78 is 6.95. The molecule has 0 aliphatic heterocycles. The van der Waals surface area contributed by atoms with Crippen molar-refractivity contribution in [3.63, 3.8) is 0 Å². The van der Waals surface area contributed by atoms with Crippen molar-refractivity contribution < 1.29 is 4.74 Å². The molecule has 0 saturated heterocycles. The van der Waals surface area contributed by atoms with Gasteiger partial charge in [-0.3, -0.25) is 0 Å². The summed E-state index contributed by atoms with van der Waals surface area (Å²) >= 11 is 3.48. The minimum atomic E-state index is 0.635. The van der Waals surface area contributed by atoms with E-state index >= 15 is 0 Å². The number of ether oxygens (including phenoxy) is 1. The standard InChI is InChI=1S/C18H22BrNO/c1-2-10-20-12-16-7-3-4-8-17(16)14-21-13-15-6-5-9-18(19)11-15/h3-9,11,20H,2,10,12-14H2,1H3. The Morgan fingerprint density at radius 3 is 2.57 bits per heavy atom. The normalized spacial score (nSPS) is 10.8. The third-order valence-electron chi connectivity index (χ3n) is 3.28. The SMILES string of the molecule is CCCNCc1ccccc1COCc1cccc(Br)c1. The zero-order chi connectivity index (χ0) is 14.9. The Morgan fingerprint density at radius 2 is 1.81 bits per heavy atom. The van der Waals surface area contributed by atoms with E-state index < -0.39 is 0 Å². The minimum absolute atomic E-state index is 0.635. The van der Waals surface area contributed by atoms with Crippen LogP contribution in [0.3, 0.4) is 0 Å². The molecule has 0 bridgehead atoms.